The van der Waals surface area contributed by atoms with Crippen LogP contribution in [0.4, 0.5) is 4.79 Å². The van der Waals surface area contributed by atoms with E-state index < -0.39 is 18.2 Å². The molecule has 2 aliphatic rings. The number of nitrogens with one attached hydrogen (secondary N) is 3. The molecule has 2 aliphatic heterocycles. The van der Waals surface area contributed by atoms with Gasteiger partial charge in [0.2, 0.25) is 11.8 Å². The third kappa shape index (κ3) is 11.2. The van der Waals surface area contributed by atoms with Gasteiger partial charge in [-0.15, -0.1) is 0 Å². The highest BCUT2D eigenvalue weighted by Crippen LogP contribution is 2.35. The summed E-state index contributed by atoms with van der Waals surface area (Å²) < 4.78 is 9.77. The highest BCUT2D eigenvalue weighted by molar-refractivity contribution is 7.59. The minimum Gasteiger partial charge on any atom is -0.487 e. The van der Waals surface area contributed by atoms with E-state index >= 15 is 0 Å². The number of aromatic nitrogens is 4. The molecule has 0 aliphatic carbocycles. The number of H-pyrrole nitrogens is 2. The van der Waals surface area contributed by atoms with E-state index in [2.05, 4.69) is 79.6 Å². The number of benzene rings is 3. The van der Waals surface area contributed by atoms with Gasteiger partial charge < -0.3 is 34.6 Å². The van der Waals surface area contributed by atoms with E-state index in [1.54, 1.807) is 11.1 Å². The van der Waals surface area contributed by atoms with Crippen LogP contribution in [0.1, 0.15) is 88.4 Å². The van der Waals surface area contributed by atoms with E-state index in [-0.39, 0.29) is 89.7 Å². The highest BCUT2D eigenvalue weighted by Gasteiger charge is 2.38. The molecule has 7 rings (SSSR count). The molecule has 17 heteroatoms. The van der Waals surface area contributed by atoms with Gasteiger partial charge in [0.1, 0.15) is 29.4 Å². The summed E-state index contributed by atoms with van der Waals surface area (Å²) in [7, 11) is 2.82. The standard InChI is InChI=1S/C44H50N8O5.4H2S/c1-26(2)38(46-25-56-5)42(53)52-20-8-10-37(52)41-48-34-18-16-32(23-35(34)49-41)31-15-14-29-21-28(11-13-30(29)22-31)12-17-33-24-45-40(47-33)36-9-7-19-51(36)43(54)39(27(3)4)50-44(55)57-6;;;;/h11,13-16,18,21-27,36-39H,7-10,19-20H2,1-6H3,(H,45,47)(H,48,49)(H,50,55);4*1H2/t36-,37-,38-,39-;;;;/m0..../s1. The van der Waals surface area contributed by atoms with Crippen LogP contribution in [-0.2, 0) is 19.1 Å². The van der Waals surface area contributed by atoms with E-state index in [9.17, 15) is 14.4 Å². The van der Waals surface area contributed by atoms with Gasteiger partial charge in [-0.3, -0.25) is 9.59 Å². The number of alkyl carbamates (subject to hydrolysis) is 1. The number of hydrogen-bond donors (Lipinski definition) is 3. The van der Waals surface area contributed by atoms with Crippen molar-refractivity contribution in [2.75, 3.05) is 27.3 Å². The lowest BCUT2D eigenvalue weighted by Crippen LogP contribution is -2.51. The number of carbonyl (C=O) groups excluding carboxylic acids is 3. The number of aliphatic imine (C=N–C) groups is 1. The number of carbonyl (C=O) groups is 3. The maximum atomic E-state index is 13.6. The van der Waals surface area contributed by atoms with Gasteiger partial charge in [-0.05, 0) is 95.7 Å². The van der Waals surface area contributed by atoms with Crippen molar-refractivity contribution < 1.29 is 23.9 Å². The third-order valence-electron chi connectivity index (χ3n) is 10.9. The lowest BCUT2D eigenvalue weighted by Gasteiger charge is -2.29. The molecule has 3 amide bonds. The van der Waals surface area contributed by atoms with E-state index in [1.807, 2.05) is 44.7 Å². The summed E-state index contributed by atoms with van der Waals surface area (Å²) in [4.78, 5) is 63.4. The summed E-state index contributed by atoms with van der Waals surface area (Å²) in [6, 6.07) is 17.3. The summed E-state index contributed by atoms with van der Waals surface area (Å²) in [5.74, 6) is 7.73. The van der Waals surface area contributed by atoms with Gasteiger partial charge in [0.25, 0.3) is 0 Å². The number of hydrogen-bond acceptors (Lipinski definition) is 8. The lowest BCUT2D eigenvalue weighted by molar-refractivity contribution is -0.136. The van der Waals surface area contributed by atoms with Gasteiger partial charge in [0, 0.05) is 18.7 Å². The average Bonchev–Trinajstić information content (AvgIpc) is 4.04. The van der Waals surface area contributed by atoms with Crippen molar-refractivity contribution >= 4 is 100 Å². The molecule has 0 unspecified atom stereocenters. The number of imidazole rings is 2. The van der Waals surface area contributed by atoms with Gasteiger partial charge in [-0.1, -0.05) is 57.9 Å². The number of methoxy groups -OCH3 is 2. The molecule has 61 heavy (non-hydrogen) atoms. The zero-order valence-electron chi connectivity index (χ0n) is 35.3. The maximum absolute atomic E-state index is 13.6. The monoisotopic (exact) mass is 906 g/mol. The van der Waals surface area contributed by atoms with Crippen LogP contribution in [0.15, 0.2) is 65.8 Å². The molecule has 3 N–H and O–H groups in total. The fraction of sp³-hybridized carbons (Fsp3) is 0.409. The molecule has 0 bridgehead atoms. The number of ether oxygens (including phenoxy) is 2. The van der Waals surface area contributed by atoms with Gasteiger partial charge in [-0.2, -0.15) is 54.0 Å². The van der Waals surface area contributed by atoms with Crippen molar-refractivity contribution in [3.05, 3.63) is 83.7 Å². The van der Waals surface area contributed by atoms with Crippen molar-refractivity contribution in [2.45, 2.75) is 77.5 Å². The fourth-order valence-corrected chi connectivity index (χ4v) is 7.90. The lowest BCUT2D eigenvalue weighted by atomic mass is 9.99. The molecule has 4 heterocycles. The summed E-state index contributed by atoms with van der Waals surface area (Å²) in [5.41, 5.74) is 5.46. The molecule has 328 valence electrons. The zero-order chi connectivity index (χ0) is 40.2. The van der Waals surface area contributed by atoms with Crippen LogP contribution in [0.25, 0.3) is 32.9 Å². The van der Waals surface area contributed by atoms with Crippen LogP contribution in [0.2, 0.25) is 0 Å². The Kier molecular flexibility index (Phi) is 18.6. The number of aromatic amines is 2. The number of fused-ring (bicyclic) bond motifs is 2. The van der Waals surface area contributed by atoms with E-state index in [1.165, 1.54) is 20.6 Å². The Morgan fingerprint density at radius 2 is 1.44 bits per heavy atom. The summed E-state index contributed by atoms with van der Waals surface area (Å²) >= 11 is 0. The number of amides is 3. The first kappa shape index (κ1) is 50.6. The quantitative estimate of drug-likeness (QED) is 0.0751. The second-order valence-corrected chi connectivity index (χ2v) is 15.5. The molecule has 0 radical (unpaired) electrons. The second-order valence-electron chi connectivity index (χ2n) is 15.5. The molecule has 5 aromatic rings. The first-order valence-corrected chi connectivity index (χ1v) is 19.6. The number of rotatable bonds is 10. The molecule has 3 aromatic carbocycles. The maximum Gasteiger partial charge on any atom is 0.407 e. The molecule has 4 atom stereocenters. The third-order valence-corrected chi connectivity index (χ3v) is 10.9. The fourth-order valence-electron chi connectivity index (χ4n) is 7.90. The molecule has 13 nitrogen and oxygen atoms in total. The molecule has 2 aromatic heterocycles. The zero-order valence-corrected chi connectivity index (χ0v) is 39.3. The minimum atomic E-state index is -0.692. The molecule has 0 saturated carbocycles. The first-order valence-electron chi connectivity index (χ1n) is 19.6. The Morgan fingerprint density at radius 1 is 0.803 bits per heavy atom. The van der Waals surface area contributed by atoms with Crippen LogP contribution in [0.3, 0.4) is 0 Å². The second kappa shape index (κ2) is 22.4. The van der Waals surface area contributed by atoms with Gasteiger partial charge in [0.15, 0.2) is 6.40 Å². The van der Waals surface area contributed by atoms with Crippen molar-refractivity contribution in [1.29, 1.82) is 0 Å². The van der Waals surface area contributed by atoms with Crippen molar-refractivity contribution in [3.63, 3.8) is 0 Å². The molecular weight excluding hydrogens is 849 g/mol. The van der Waals surface area contributed by atoms with Crippen LogP contribution in [-0.4, -0.2) is 93.4 Å². The van der Waals surface area contributed by atoms with Gasteiger partial charge in [-0.25, -0.2) is 19.8 Å². The average molecular weight is 907 g/mol. The Hall–Kier alpha value is -4.76. The SMILES string of the molecule is COC=N[C@H](C(=O)N1CCC[C@H]1c1nc2ccc(-c3ccc4cc(C#Cc5cnc([C@@H]6CCCN6C(=O)[C@@H](NC(=O)OC)C(C)C)[nH]5)ccc4c3)cc2[nH]1)C(C)C.S.S.S.S. The Balaban J connectivity index is 0.00000248. The Labute approximate surface area is 385 Å². The van der Waals surface area contributed by atoms with Gasteiger partial charge >= 0.3 is 6.09 Å². The highest BCUT2D eigenvalue weighted by atomic mass is 32.1. The summed E-state index contributed by atoms with van der Waals surface area (Å²) in [6.45, 7) is 9.05. The Bertz CT molecular complexity index is 2390. The first-order chi connectivity index (χ1) is 27.5. The molecule has 0 spiro atoms. The number of likely N-dealkylation sites (tertiary alicyclic amines) is 2. The van der Waals surface area contributed by atoms with Crippen LogP contribution in [0, 0.1) is 23.7 Å². The largest absolute Gasteiger partial charge is 0.487 e. The number of nitrogens with zero attached hydrogens (tertiary/aromatic N) is 5. The molecular formula is C44H58N8O5S4. The van der Waals surface area contributed by atoms with Gasteiger partial charge in [0.05, 0.1) is 43.5 Å². The molecule has 2 fully saturated rings. The van der Waals surface area contributed by atoms with Crippen LogP contribution < -0.4 is 5.32 Å². The summed E-state index contributed by atoms with van der Waals surface area (Å²) in [5, 5.41) is 4.85. The van der Waals surface area contributed by atoms with Crippen LogP contribution in [0.5, 0.6) is 0 Å². The predicted octanol–water partition coefficient (Wildman–Crippen LogP) is 7.36. The van der Waals surface area contributed by atoms with Crippen LogP contribution >= 0.6 is 54.0 Å². The topological polar surface area (TPSA) is 158 Å². The summed E-state index contributed by atoms with van der Waals surface area (Å²) in [6.07, 6.45) is 5.79. The van der Waals surface area contributed by atoms with E-state index in [0.29, 0.717) is 24.6 Å². The normalized spacial score (nSPS) is 16.9. The van der Waals surface area contributed by atoms with Crippen molar-refractivity contribution in [1.82, 2.24) is 35.1 Å². The molecule has 2 saturated heterocycles. The smallest absolute Gasteiger partial charge is 0.407 e. The van der Waals surface area contributed by atoms with Crippen molar-refractivity contribution in [3.8, 4) is 23.0 Å². The van der Waals surface area contributed by atoms with Crippen molar-refractivity contribution in [2.24, 2.45) is 16.8 Å². The predicted molar refractivity (Wildman–Crippen MR) is 261 cm³/mol. The van der Waals surface area contributed by atoms with E-state index in [4.69, 9.17) is 14.5 Å². The van der Waals surface area contributed by atoms with E-state index in [0.717, 1.165) is 70.0 Å². The minimum absolute atomic E-state index is 0. The Morgan fingerprint density at radius 3 is 2.11 bits per heavy atom.